The molecule has 0 aliphatic carbocycles. The van der Waals surface area contributed by atoms with E-state index in [1.807, 2.05) is 25.1 Å². The molecule has 1 saturated heterocycles. The van der Waals surface area contributed by atoms with Crippen LogP contribution in [-0.4, -0.2) is 46.4 Å². The minimum absolute atomic E-state index is 0.0269. The molecule has 0 radical (unpaired) electrons. The first-order valence-electron chi connectivity index (χ1n) is 9.74. The van der Waals surface area contributed by atoms with Gasteiger partial charge in [0.2, 0.25) is 0 Å². The van der Waals surface area contributed by atoms with Crippen LogP contribution in [0.15, 0.2) is 41.8 Å². The number of benzene rings is 1. The maximum atomic E-state index is 12.8. The number of hydrogen-bond acceptors (Lipinski definition) is 5. The van der Waals surface area contributed by atoms with Gasteiger partial charge in [0.1, 0.15) is 5.54 Å². The van der Waals surface area contributed by atoms with Gasteiger partial charge in [-0.3, -0.25) is 19.9 Å². The molecular formula is C21H24N4O3S. The molecule has 4 amide bonds. The van der Waals surface area contributed by atoms with Crippen LogP contribution in [0.5, 0.6) is 0 Å². The number of imide groups is 1. The van der Waals surface area contributed by atoms with Crippen molar-refractivity contribution < 1.29 is 14.4 Å². The lowest BCUT2D eigenvalue weighted by Gasteiger charge is -2.36. The number of nitrogens with one attached hydrogen (secondary N) is 2. The standard InChI is InChI=1S/C21H24N4O3S/c1-3-21(2)19(27)25(20(28)22-21)23-17(26)13-24-11-9-16-15(10-12-29-16)18(24)14-7-5-4-6-8-14/h4-8,10,12,18H,3,9,11,13H2,1-2H3,(H,22,28)(H,23,26)/t18-,21+/m0/s1. The summed E-state index contributed by atoms with van der Waals surface area (Å²) in [5.41, 5.74) is 3.86. The minimum atomic E-state index is -0.979. The monoisotopic (exact) mass is 412 g/mol. The van der Waals surface area contributed by atoms with Crippen molar-refractivity contribution in [3.8, 4) is 0 Å². The molecule has 8 heteroatoms. The maximum absolute atomic E-state index is 12.8. The van der Waals surface area contributed by atoms with Gasteiger partial charge < -0.3 is 5.32 Å². The Morgan fingerprint density at radius 1 is 1.28 bits per heavy atom. The summed E-state index contributed by atoms with van der Waals surface area (Å²) in [6, 6.07) is 11.6. The Balaban J connectivity index is 1.52. The zero-order chi connectivity index (χ0) is 20.6. The topological polar surface area (TPSA) is 81.8 Å². The van der Waals surface area contributed by atoms with E-state index in [1.54, 1.807) is 18.3 Å². The van der Waals surface area contributed by atoms with Gasteiger partial charge in [-0.15, -0.1) is 11.3 Å². The number of rotatable bonds is 5. The van der Waals surface area contributed by atoms with Crippen LogP contribution < -0.4 is 10.7 Å². The highest BCUT2D eigenvalue weighted by atomic mass is 32.1. The Bertz CT molecular complexity index is 944. The van der Waals surface area contributed by atoms with Crippen molar-refractivity contribution >= 4 is 29.2 Å². The fourth-order valence-corrected chi connectivity index (χ4v) is 4.84. The Morgan fingerprint density at radius 2 is 2.03 bits per heavy atom. The summed E-state index contributed by atoms with van der Waals surface area (Å²) in [4.78, 5) is 40.9. The molecule has 2 atom stereocenters. The number of urea groups is 1. The summed E-state index contributed by atoms with van der Waals surface area (Å²) < 4.78 is 0. The van der Waals surface area contributed by atoms with E-state index in [0.717, 1.165) is 23.5 Å². The normalized spacial score (nSPS) is 24.3. The molecule has 152 valence electrons. The molecule has 2 N–H and O–H groups in total. The second-order valence-corrected chi connectivity index (χ2v) is 8.62. The number of fused-ring (bicyclic) bond motifs is 1. The number of carbonyl (C=O) groups is 3. The quantitative estimate of drug-likeness (QED) is 0.739. The van der Waals surface area contributed by atoms with E-state index in [9.17, 15) is 14.4 Å². The minimum Gasteiger partial charge on any atom is -0.322 e. The molecule has 3 heterocycles. The van der Waals surface area contributed by atoms with Crippen LogP contribution >= 0.6 is 11.3 Å². The zero-order valence-electron chi connectivity index (χ0n) is 16.5. The molecule has 0 unspecified atom stereocenters. The van der Waals surface area contributed by atoms with Crippen molar-refractivity contribution in [1.82, 2.24) is 20.7 Å². The predicted octanol–water partition coefficient (Wildman–Crippen LogP) is 2.45. The van der Waals surface area contributed by atoms with Gasteiger partial charge in [0, 0.05) is 11.4 Å². The van der Waals surface area contributed by atoms with Crippen molar-refractivity contribution in [3.63, 3.8) is 0 Å². The molecule has 4 rings (SSSR count). The van der Waals surface area contributed by atoms with Crippen molar-refractivity contribution in [2.45, 2.75) is 38.3 Å². The summed E-state index contributed by atoms with van der Waals surface area (Å²) in [5.74, 6) is -0.815. The highest BCUT2D eigenvalue weighted by molar-refractivity contribution is 7.10. The Kier molecular flexibility index (Phi) is 5.14. The van der Waals surface area contributed by atoms with Crippen LogP contribution in [0.25, 0.3) is 0 Å². The second-order valence-electron chi connectivity index (χ2n) is 7.62. The molecule has 1 aromatic heterocycles. The summed E-state index contributed by atoms with van der Waals surface area (Å²) in [6.45, 7) is 4.30. The van der Waals surface area contributed by atoms with Gasteiger partial charge >= 0.3 is 6.03 Å². The van der Waals surface area contributed by atoms with Crippen LogP contribution in [0.4, 0.5) is 4.79 Å². The van der Waals surface area contributed by atoms with E-state index in [2.05, 4.69) is 39.2 Å². The van der Waals surface area contributed by atoms with E-state index in [-0.39, 0.29) is 18.5 Å². The molecule has 0 bridgehead atoms. The predicted molar refractivity (Wildman–Crippen MR) is 110 cm³/mol. The van der Waals surface area contributed by atoms with Crippen molar-refractivity contribution in [2.75, 3.05) is 13.1 Å². The molecule has 2 aliphatic heterocycles. The summed E-state index contributed by atoms with van der Waals surface area (Å²) in [7, 11) is 0. The smallest absolute Gasteiger partial charge is 0.322 e. The summed E-state index contributed by atoms with van der Waals surface area (Å²) >= 11 is 1.74. The first kappa shape index (κ1) is 19.6. The third-order valence-electron chi connectivity index (χ3n) is 5.73. The zero-order valence-corrected chi connectivity index (χ0v) is 17.3. The van der Waals surface area contributed by atoms with Crippen LogP contribution in [0, 0.1) is 0 Å². The molecule has 1 fully saturated rings. The molecular weight excluding hydrogens is 388 g/mol. The van der Waals surface area contributed by atoms with Gasteiger partial charge in [0.05, 0.1) is 12.6 Å². The van der Waals surface area contributed by atoms with E-state index < -0.39 is 17.5 Å². The van der Waals surface area contributed by atoms with Crippen molar-refractivity contribution in [3.05, 3.63) is 57.8 Å². The number of hydrazine groups is 1. The van der Waals surface area contributed by atoms with Gasteiger partial charge in [-0.05, 0) is 42.3 Å². The SMILES string of the molecule is CC[C@@]1(C)NC(=O)N(NC(=O)CN2CCc3sccc3[C@@H]2c2ccccc2)C1=O. The van der Waals surface area contributed by atoms with E-state index in [4.69, 9.17) is 0 Å². The third-order valence-corrected chi connectivity index (χ3v) is 6.73. The highest BCUT2D eigenvalue weighted by Gasteiger charge is 2.47. The average molecular weight is 413 g/mol. The number of thiophene rings is 1. The maximum Gasteiger partial charge on any atom is 0.344 e. The molecule has 2 aliphatic rings. The second kappa shape index (κ2) is 7.61. The average Bonchev–Trinajstić information content (AvgIpc) is 3.27. The fraction of sp³-hybridized carbons (Fsp3) is 0.381. The van der Waals surface area contributed by atoms with Gasteiger partial charge in [-0.1, -0.05) is 37.3 Å². The number of amides is 4. The molecule has 0 spiro atoms. The lowest BCUT2D eigenvalue weighted by atomic mass is 9.93. The molecule has 2 aromatic rings. The summed E-state index contributed by atoms with van der Waals surface area (Å²) in [6.07, 6.45) is 1.33. The summed E-state index contributed by atoms with van der Waals surface area (Å²) in [5, 5.41) is 5.54. The first-order valence-corrected chi connectivity index (χ1v) is 10.6. The van der Waals surface area contributed by atoms with Gasteiger partial charge in [-0.25, -0.2) is 4.79 Å². The Hall–Kier alpha value is -2.71. The fourth-order valence-electron chi connectivity index (χ4n) is 3.93. The van der Waals surface area contributed by atoms with Crippen molar-refractivity contribution in [2.24, 2.45) is 0 Å². The lowest BCUT2D eigenvalue weighted by Crippen LogP contribution is -2.52. The van der Waals surface area contributed by atoms with Gasteiger partial charge in [0.15, 0.2) is 0 Å². The molecule has 0 saturated carbocycles. The third kappa shape index (κ3) is 3.54. The van der Waals surface area contributed by atoms with Gasteiger partial charge in [-0.2, -0.15) is 5.01 Å². The Labute approximate surface area is 173 Å². The van der Waals surface area contributed by atoms with Gasteiger partial charge in [0.25, 0.3) is 11.8 Å². The van der Waals surface area contributed by atoms with Crippen molar-refractivity contribution in [1.29, 1.82) is 0 Å². The molecule has 1 aromatic carbocycles. The van der Waals surface area contributed by atoms with E-state index >= 15 is 0 Å². The van der Waals surface area contributed by atoms with Crippen LogP contribution in [0.3, 0.4) is 0 Å². The van der Waals surface area contributed by atoms with E-state index in [1.165, 1.54) is 10.4 Å². The Morgan fingerprint density at radius 3 is 2.72 bits per heavy atom. The number of hydrogen-bond donors (Lipinski definition) is 2. The van der Waals surface area contributed by atoms with Crippen LogP contribution in [0.2, 0.25) is 0 Å². The lowest BCUT2D eigenvalue weighted by molar-refractivity contribution is -0.139. The first-order chi connectivity index (χ1) is 13.9. The molecule has 29 heavy (non-hydrogen) atoms. The molecule has 7 nitrogen and oxygen atoms in total. The number of carbonyl (C=O) groups excluding carboxylic acids is 3. The number of nitrogens with zero attached hydrogens (tertiary/aromatic N) is 2. The largest absolute Gasteiger partial charge is 0.344 e. The van der Waals surface area contributed by atoms with Crippen LogP contribution in [-0.2, 0) is 16.0 Å². The van der Waals surface area contributed by atoms with Crippen LogP contribution in [0.1, 0.15) is 42.3 Å². The van der Waals surface area contributed by atoms with E-state index in [0.29, 0.717) is 6.42 Å². The highest BCUT2D eigenvalue weighted by Crippen LogP contribution is 2.37.